The highest BCUT2D eigenvalue weighted by Gasteiger charge is 2.14. The lowest BCUT2D eigenvalue weighted by Crippen LogP contribution is -2.34. The molecular weight excluding hydrogens is 378 g/mol. The second-order valence-electron chi connectivity index (χ2n) is 5.95. The molecule has 2 aromatic carbocycles. The van der Waals surface area contributed by atoms with Crippen LogP contribution in [0.25, 0.3) is 22.2 Å². The van der Waals surface area contributed by atoms with E-state index in [9.17, 15) is 9.59 Å². The molecule has 0 aliphatic rings. The fourth-order valence-electron chi connectivity index (χ4n) is 2.77. The van der Waals surface area contributed by atoms with Gasteiger partial charge in [0.05, 0.1) is 23.7 Å². The second-order valence-corrected chi connectivity index (χ2v) is 6.34. The van der Waals surface area contributed by atoms with E-state index in [1.165, 1.54) is 0 Å². The summed E-state index contributed by atoms with van der Waals surface area (Å²) in [6, 6.07) is 15.8. The zero-order valence-corrected chi connectivity index (χ0v) is 15.5. The highest BCUT2D eigenvalue weighted by Crippen LogP contribution is 2.21. The Morgan fingerprint density at radius 3 is 2.68 bits per heavy atom. The number of methoxy groups -OCH3 is 1. The number of nitrogens with one attached hydrogen (secondary N) is 3. The van der Waals surface area contributed by atoms with Crippen LogP contribution in [0.2, 0.25) is 0 Å². The van der Waals surface area contributed by atoms with Crippen LogP contribution in [-0.4, -0.2) is 32.9 Å². The van der Waals surface area contributed by atoms with Crippen molar-refractivity contribution in [2.75, 3.05) is 12.5 Å². The fourth-order valence-corrected chi connectivity index (χ4v) is 3.01. The Morgan fingerprint density at radius 2 is 1.93 bits per heavy atom. The molecule has 0 aliphatic carbocycles. The lowest BCUT2D eigenvalue weighted by atomic mass is 10.1. The number of amides is 1. The number of aromatic amines is 2. The van der Waals surface area contributed by atoms with Crippen molar-refractivity contribution in [3.05, 3.63) is 75.4 Å². The van der Waals surface area contributed by atoms with Crippen LogP contribution in [0.1, 0.15) is 10.5 Å². The summed E-state index contributed by atoms with van der Waals surface area (Å²) in [5, 5.41) is 7.24. The monoisotopic (exact) mass is 393 g/mol. The maximum absolute atomic E-state index is 12.6. The van der Waals surface area contributed by atoms with Gasteiger partial charge in [-0.1, -0.05) is 12.1 Å². The van der Waals surface area contributed by atoms with Gasteiger partial charge in [-0.3, -0.25) is 20.1 Å². The summed E-state index contributed by atoms with van der Waals surface area (Å²) < 4.78 is 6.23. The number of para-hydroxylation sites is 1. The number of benzene rings is 2. The molecule has 9 heteroatoms. The number of carbonyl (C=O) groups excluding carboxylic acids is 1. The van der Waals surface area contributed by atoms with Crippen LogP contribution in [0.4, 0.5) is 0 Å². The van der Waals surface area contributed by atoms with E-state index in [1.807, 2.05) is 12.1 Å². The highest BCUT2D eigenvalue weighted by molar-refractivity contribution is 7.71. The number of ether oxygens (including phenoxy) is 1. The van der Waals surface area contributed by atoms with Crippen molar-refractivity contribution in [3.63, 3.8) is 0 Å². The van der Waals surface area contributed by atoms with Crippen LogP contribution in [-0.2, 0) is 0 Å². The first-order chi connectivity index (χ1) is 13.6. The molecule has 0 saturated heterocycles. The SMILES string of the molecule is COc1ccc(-c2cc(C(=O)Nn3c(=S)[nH]c4ccccc4c3=O)[nH]n2)cc1. The van der Waals surface area contributed by atoms with Crippen LogP contribution >= 0.6 is 12.2 Å². The molecule has 28 heavy (non-hydrogen) atoms. The van der Waals surface area contributed by atoms with Crippen molar-refractivity contribution < 1.29 is 9.53 Å². The Bertz CT molecular complexity index is 1290. The molecule has 0 unspecified atom stereocenters. The number of fused-ring (bicyclic) bond motifs is 1. The van der Waals surface area contributed by atoms with E-state index in [0.29, 0.717) is 16.6 Å². The van der Waals surface area contributed by atoms with Crippen LogP contribution in [0, 0.1) is 4.77 Å². The minimum Gasteiger partial charge on any atom is -0.497 e. The quantitative estimate of drug-likeness (QED) is 0.463. The number of hydrogen-bond donors (Lipinski definition) is 3. The average molecular weight is 393 g/mol. The van der Waals surface area contributed by atoms with Gasteiger partial charge in [0.1, 0.15) is 11.4 Å². The van der Waals surface area contributed by atoms with Gasteiger partial charge in [0.25, 0.3) is 11.5 Å². The number of H-pyrrole nitrogens is 2. The molecule has 1 amide bonds. The molecule has 4 rings (SSSR count). The minimum atomic E-state index is -0.538. The summed E-state index contributed by atoms with van der Waals surface area (Å²) in [6.07, 6.45) is 0. The molecule has 0 atom stereocenters. The molecule has 2 aromatic heterocycles. The van der Waals surface area contributed by atoms with Crippen LogP contribution in [0.5, 0.6) is 5.75 Å². The van der Waals surface area contributed by atoms with Crippen molar-refractivity contribution >= 4 is 29.0 Å². The molecule has 4 aromatic rings. The van der Waals surface area contributed by atoms with Gasteiger partial charge >= 0.3 is 0 Å². The summed E-state index contributed by atoms with van der Waals surface area (Å²) >= 11 is 5.20. The summed E-state index contributed by atoms with van der Waals surface area (Å²) in [5.74, 6) is 0.186. The highest BCUT2D eigenvalue weighted by atomic mass is 32.1. The van der Waals surface area contributed by atoms with Crippen LogP contribution < -0.4 is 15.7 Å². The van der Waals surface area contributed by atoms with Crippen molar-refractivity contribution in [1.82, 2.24) is 19.9 Å². The van der Waals surface area contributed by atoms with E-state index in [4.69, 9.17) is 17.0 Å². The van der Waals surface area contributed by atoms with Crippen molar-refractivity contribution in [3.8, 4) is 17.0 Å². The van der Waals surface area contributed by atoms with Gasteiger partial charge in [0, 0.05) is 5.56 Å². The molecule has 0 saturated carbocycles. The predicted octanol–water partition coefficient (Wildman–Crippen LogP) is 2.84. The third kappa shape index (κ3) is 3.19. The summed E-state index contributed by atoms with van der Waals surface area (Å²) in [5.41, 5.74) is 4.29. The number of aromatic nitrogens is 4. The van der Waals surface area contributed by atoms with Gasteiger partial charge < -0.3 is 9.72 Å². The van der Waals surface area contributed by atoms with E-state index in [-0.39, 0.29) is 10.5 Å². The molecule has 0 radical (unpaired) electrons. The number of nitrogens with zero attached hydrogens (tertiary/aromatic N) is 2. The predicted molar refractivity (Wildman–Crippen MR) is 108 cm³/mol. The lowest BCUT2D eigenvalue weighted by molar-refractivity contribution is 0.100. The van der Waals surface area contributed by atoms with Gasteiger partial charge in [-0.15, -0.1) is 0 Å². The second kappa shape index (κ2) is 7.12. The number of hydrogen-bond acceptors (Lipinski definition) is 5. The zero-order valence-electron chi connectivity index (χ0n) is 14.7. The van der Waals surface area contributed by atoms with E-state index in [1.54, 1.807) is 49.6 Å². The Labute approximate surface area is 163 Å². The summed E-state index contributed by atoms with van der Waals surface area (Å²) in [6.45, 7) is 0. The van der Waals surface area contributed by atoms with Gasteiger partial charge in [-0.2, -0.15) is 9.77 Å². The number of carbonyl (C=O) groups is 1. The fraction of sp³-hybridized carbons (Fsp3) is 0.0526. The minimum absolute atomic E-state index is 0.0898. The molecule has 0 bridgehead atoms. The Morgan fingerprint density at radius 1 is 1.18 bits per heavy atom. The first-order valence-electron chi connectivity index (χ1n) is 8.32. The van der Waals surface area contributed by atoms with Gasteiger partial charge in [0.2, 0.25) is 0 Å². The third-order valence-corrected chi connectivity index (χ3v) is 4.51. The third-order valence-electron chi connectivity index (χ3n) is 4.23. The van der Waals surface area contributed by atoms with Gasteiger partial charge in [0.15, 0.2) is 4.77 Å². The van der Waals surface area contributed by atoms with Gasteiger partial charge in [-0.05, 0) is 54.7 Å². The molecule has 0 spiro atoms. The maximum Gasteiger partial charge on any atom is 0.288 e. The molecule has 140 valence electrons. The van der Waals surface area contributed by atoms with Crippen LogP contribution in [0.15, 0.2) is 59.4 Å². The Balaban J connectivity index is 1.63. The summed E-state index contributed by atoms with van der Waals surface area (Å²) in [7, 11) is 1.59. The largest absolute Gasteiger partial charge is 0.497 e. The van der Waals surface area contributed by atoms with E-state index in [0.717, 1.165) is 16.0 Å². The average Bonchev–Trinajstić information content (AvgIpc) is 3.21. The Hall–Kier alpha value is -3.72. The first-order valence-corrected chi connectivity index (χ1v) is 8.73. The van der Waals surface area contributed by atoms with E-state index >= 15 is 0 Å². The van der Waals surface area contributed by atoms with E-state index < -0.39 is 11.5 Å². The molecule has 8 nitrogen and oxygen atoms in total. The lowest BCUT2D eigenvalue weighted by Gasteiger charge is -2.08. The van der Waals surface area contributed by atoms with Crippen molar-refractivity contribution in [2.24, 2.45) is 0 Å². The molecule has 0 fully saturated rings. The normalized spacial score (nSPS) is 10.8. The smallest absolute Gasteiger partial charge is 0.288 e. The van der Waals surface area contributed by atoms with Crippen molar-refractivity contribution in [2.45, 2.75) is 0 Å². The van der Waals surface area contributed by atoms with Crippen molar-refractivity contribution in [1.29, 1.82) is 0 Å². The molecule has 2 heterocycles. The first kappa shape index (κ1) is 17.7. The maximum atomic E-state index is 12.6. The molecule has 3 N–H and O–H groups in total. The number of rotatable bonds is 4. The standard InChI is InChI=1S/C19H15N5O3S/c1-27-12-8-6-11(7-9-12)15-10-16(22-21-15)17(25)23-24-18(26)13-4-2-3-5-14(13)20-19(24)28/h2-10H,1H3,(H,20,28)(H,21,22)(H,23,25). The zero-order chi connectivity index (χ0) is 19.7. The topological polar surface area (TPSA) is 105 Å². The van der Waals surface area contributed by atoms with E-state index in [2.05, 4.69) is 20.6 Å². The Kier molecular flexibility index (Phi) is 4.50. The molecule has 0 aliphatic heterocycles. The molecular formula is C19H15N5O3S. The van der Waals surface area contributed by atoms with Crippen LogP contribution in [0.3, 0.4) is 0 Å². The van der Waals surface area contributed by atoms with Gasteiger partial charge in [-0.25, -0.2) is 0 Å². The summed E-state index contributed by atoms with van der Waals surface area (Å²) in [4.78, 5) is 28.1.